The second-order valence-corrected chi connectivity index (χ2v) is 7.48. The molecule has 1 saturated heterocycles. The molecule has 5 nitrogen and oxygen atoms in total. The van der Waals surface area contributed by atoms with Gasteiger partial charge in [0, 0.05) is 18.8 Å². The summed E-state index contributed by atoms with van der Waals surface area (Å²) in [7, 11) is 1.95. The Morgan fingerprint density at radius 2 is 1.68 bits per heavy atom. The van der Waals surface area contributed by atoms with Gasteiger partial charge >= 0.3 is 0 Å². The minimum absolute atomic E-state index is 0.000675. The summed E-state index contributed by atoms with van der Waals surface area (Å²) in [5, 5.41) is 2.99. The standard InChI is InChI=1S/C23H31N3O2/c1-3-28-22-12-8-19(9-13-22)16-25(2)18-23(27)24-21-10-6-20(7-11-21)17-26-14-4-5-15-26/h6-13H,3-5,14-18H2,1-2H3,(H,24,27). The van der Waals surface area contributed by atoms with Crippen LogP contribution in [-0.2, 0) is 17.9 Å². The van der Waals surface area contributed by atoms with Crippen molar-refractivity contribution in [1.82, 2.24) is 9.80 Å². The third kappa shape index (κ3) is 6.36. The van der Waals surface area contributed by atoms with Gasteiger partial charge < -0.3 is 10.1 Å². The van der Waals surface area contributed by atoms with Crippen molar-refractivity contribution >= 4 is 11.6 Å². The highest BCUT2D eigenvalue weighted by atomic mass is 16.5. The zero-order chi connectivity index (χ0) is 19.8. The molecule has 0 aromatic heterocycles. The van der Waals surface area contributed by atoms with Crippen LogP contribution in [0.1, 0.15) is 30.9 Å². The maximum atomic E-state index is 12.3. The predicted octanol–water partition coefficient (Wildman–Crippen LogP) is 3.75. The van der Waals surface area contributed by atoms with Crippen LogP contribution in [0.4, 0.5) is 5.69 Å². The van der Waals surface area contributed by atoms with Gasteiger partial charge in [0.15, 0.2) is 0 Å². The minimum Gasteiger partial charge on any atom is -0.494 e. The summed E-state index contributed by atoms with van der Waals surface area (Å²) in [6.45, 7) is 7.09. The first-order valence-electron chi connectivity index (χ1n) is 10.1. The second kappa shape index (κ2) is 10.2. The fourth-order valence-electron chi connectivity index (χ4n) is 3.56. The molecule has 0 atom stereocenters. The molecule has 1 aliphatic heterocycles. The van der Waals surface area contributed by atoms with Gasteiger partial charge in [-0.1, -0.05) is 24.3 Å². The van der Waals surface area contributed by atoms with E-state index in [-0.39, 0.29) is 5.91 Å². The Labute approximate surface area is 168 Å². The lowest BCUT2D eigenvalue weighted by Gasteiger charge is -2.17. The summed E-state index contributed by atoms with van der Waals surface area (Å²) in [6.07, 6.45) is 2.61. The number of amides is 1. The molecule has 1 aliphatic rings. The number of nitrogens with zero attached hydrogens (tertiary/aromatic N) is 2. The number of rotatable bonds is 9. The van der Waals surface area contributed by atoms with Crippen LogP contribution in [-0.4, -0.2) is 49.0 Å². The second-order valence-electron chi connectivity index (χ2n) is 7.48. The first kappa shape index (κ1) is 20.4. The molecule has 0 unspecified atom stereocenters. The number of ether oxygens (including phenoxy) is 1. The highest BCUT2D eigenvalue weighted by Gasteiger charge is 2.12. The summed E-state index contributed by atoms with van der Waals surface area (Å²) >= 11 is 0. The van der Waals surface area contributed by atoms with Crippen LogP contribution in [0.25, 0.3) is 0 Å². The molecule has 1 N–H and O–H groups in total. The van der Waals surface area contributed by atoms with E-state index in [1.54, 1.807) is 0 Å². The zero-order valence-corrected chi connectivity index (χ0v) is 17.0. The van der Waals surface area contributed by atoms with Crippen molar-refractivity contribution in [3.8, 4) is 5.75 Å². The zero-order valence-electron chi connectivity index (χ0n) is 17.0. The van der Waals surface area contributed by atoms with Crippen LogP contribution in [0.15, 0.2) is 48.5 Å². The van der Waals surface area contributed by atoms with E-state index >= 15 is 0 Å². The molecular formula is C23H31N3O2. The Morgan fingerprint density at radius 1 is 1.04 bits per heavy atom. The number of carbonyl (C=O) groups excluding carboxylic acids is 1. The average Bonchev–Trinajstić information content (AvgIpc) is 3.18. The molecule has 5 heteroatoms. The number of hydrogen-bond donors (Lipinski definition) is 1. The molecule has 2 aromatic rings. The van der Waals surface area contributed by atoms with Crippen LogP contribution in [0.3, 0.4) is 0 Å². The van der Waals surface area contributed by atoms with E-state index in [0.29, 0.717) is 19.7 Å². The molecule has 28 heavy (non-hydrogen) atoms. The SMILES string of the molecule is CCOc1ccc(CN(C)CC(=O)Nc2ccc(CN3CCCC3)cc2)cc1. The van der Waals surface area contributed by atoms with Gasteiger partial charge in [0.25, 0.3) is 0 Å². The van der Waals surface area contributed by atoms with E-state index in [0.717, 1.165) is 23.5 Å². The summed E-state index contributed by atoms with van der Waals surface area (Å²) < 4.78 is 5.46. The first-order valence-corrected chi connectivity index (χ1v) is 10.1. The lowest BCUT2D eigenvalue weighted by atomic mass is 10.2. The number of hydrogen-bond acceptors (Lipinski definition) is 4. The van der Waals surface area contributed by atoms with Crippen LogP contribution in [0.5, 0.6) is 5.75 Å². The number of carbonyl (C=O) groups is 1. The number of nitrogens with one attached hydrogen (secondary N) is 1. The summed E-state index contributed by atoms with van der Waals surface area (Å²) in [6, 6.07) is 16.2. The van der Waals surface area contributed by atoms with Gasteiger partial charge in [-0.2, -0.15) is 0 Å². The van der Waals surface area contributed by atoms with Crippen molar-refractivity contribution in [3.05, 3.63) is 59.7 Å². The molecule has 1 amide bonds. The lowest BCUT2D eigenvalue weighted by Crippen LogP contribution is -2.29. The van der Waals surface area contributed by atoms with E-state index < -0.39 is 0 Å². The summed E-state index contributed by atoms with van der Waals surface area (Å²) in [5.41, 5.74) is 3.31. The smallest absolute Gasteiger partial charge is 0.238 e. The minimum atomic E-state index is 0.000675. The third-order valence-corrected chi connectivity index (χ3v) is 4.94. The Hall–Kier alpha value is -2.37. The molecule has 3 rings (SSSR count). The Bertz CT molecular complexity index is 737. The quantitative estimate of drug-likeness (QED) is 0.718. The van der Waals surface area contributed by atoms with Crippen molar-refractivity contribution in [2.24, 2.45) is 0 Å². The number of likely N-dealkylation sites (tertiary alicyclic amines) is 1. The molecule has 0 aliphatic carbocycles. The molecule has 1 fully saturated rings. The van der Waals surface area contributed by atoms with Gasteiger partial charge in [-0.25, -0.2) is 0 Å². The fraction of sp³-hybridized carbons (Fsp3) is 0.435. The largest absolute Gasteiger partial charge is 0.494 e. The Kier molecular flexibility index (Phi) is 7.46. The topological polar surface area (TPSA) is 44.8 Å². The molecular weight excluding hydrogens is 350 g/mol. The van der Waals surface area contributed by atoms with Gasteiger partial charge in [-0.05, 0) is 75.3 Å². The molecule has 0 saturated carbocycles. The highest BCUT2D eigenvalue weighted by Crippen LogP contribution is 2.16. The summed E-state index contributed by atoms with van der Waals surface area (Å²) in [4.78, 5) is 16.8. The highest BCUT2D eigenvalue weighted by molar-refractivity contribution is 5.92. The van der Waals surface area contributed by atoms with Crippen LogP contribution < -0.4 is 10.1 Å². The molecule has 0 bridgehead atoms. The Morgan fingerprint density at radius 3 is 2.32 bits per heavy atom. The van der Waals surface area contributed by atoms with Crippen LogP contribution in [0, 0.1) is 0 Å². The fourth-order valence-corrected chi connectivity index (χ4v) is 3.56. The van der Waals surface area contributed by atoms with Crippen molar-refractivity contribution in [3.63, 3.8) is 0 Å². The van der Waals surface area contributed by atoms with E-state index in [4.69, 9.17) is 4.74 Å². The maximum absolute atomic E-state index is 12.3. The molecule has 2 aromatic carbocycles. The number of anilines is 1. The first-order chi connectivity index (χ1) is 13.6. The molecule has 150 valence electrons. The predicted molar refractivity (Wildman–Crippen MR) is 114 cm³/mol. The average molecular weight is 382 g/mol. The van der Waals surface area contributed by atoms with Crippen molar-refractivity contribution in [2.45, 2.75) is 32.9 Å². The van der Waals surface area contributed by atoms with Crippen LogP contribution >= 0.6 is 0 Å². The number of likely N-dealkylation sites (N-methyl/N-ethyl adjacent to an activating group) is 1. The summed E-state index contributed by atoms with van der Waals surface area (Å²) in [5.74, 6) is 0.876. The van der Waals surface area contributed by atoms with Crippen molar-refractivity contribution in [2.75, 3.05) is 38.6 Å². The van der Waals surface area contributed by atoms with Gasteiger partial charge in [-0.15, -0.1) is 0 Å². The van der Waals surface area contributed by atoms with Crippen molar-refractivity contribution < 1.29 is 9.53 Å². The molecule has 0 spiro atoms. The monoisotopic (exact) mass is 381 g/mol. The van der Waals surface area contributed by atoms with Gasteiger partial charge in [0.1, 0.15) is 5.75 Å². The number of benzene rings is 2. The molecule has 0 radical (unpaired) electrons. The van der Waals surface area contributed by atoms with Crippen molar-refractivity contribution in [1.29, 1.82) is 0 Å². The Balaban J connectivity index is 1.43. The van der Waals surface area contributed by atoms with Crippen LogP contribution in [0.2, 0.25) is 0 Å². The third-order valence-electron chi connectivity index (χ3n) is 4.94. The van der Waals surface area contributed by atoms with Gasteiger partial charge in [-0.3, -0.25) is 14.6 Å². The van der Waals surface area contributed by atoms with Gasteiger partial charge in [0.05, 0.1) is 13.2 Å². The lowest BCUT2D eigenvalue weighted by molar-refractivity contribution is -0.117. The maximum Gasteiger partial charge on any atom is 0.238 e. The van der Waals surface area contributed by atoms with E-state index in [1.807, 2.05) is 55.3 Å². The normalized spacial score (nSPS) is 14.4. The molecule has 1 heterocycles. The van der Waals surface area contributed by atoms with E-state index in [2.05, 4.69) is 22.3 Å². The van der Waals surface area contributed by atoms with E-state index in [1.165, 1.54) is 31.5 Å². The van der Waals surface area contributed by atoms with E-state index in [9.17, 15) is 4.79 Å². The van der Waals surface area contributed by atoms with Gasteiger partial charge in [0.2, 0.25) is 5.91 Å².